The van der Waals surface area contributed by atoms with E-state index in [1.165, 1.54) is 19.4 Å². The van der Waals surface area contributed by atoms with Crippen molar-refractivity contribution in [3.05, 3.63) is 34.3 Å². The molecular formula is C17H25BrN3O2+. The molecule has 0 radical (unpaired) electrons. The fourth-order valence-corrected chi connectivity index (χ4v) is 3.28. The Morgan fingerprint density at radius 1 is 1.26 bits per heavy atom. The van der Waals surface area contributed by atoms with Crippen LogP contribution in [0.15, 0.2) is 28.7 Å². The lowest BCUT2D eigenvalue weighted by Gasteiger charge is -2.20. The molecule has 0 spiro atoms. The second-order valence-corrected chi connectivity index (χ2v) is 6.83. The number of quaternary nitrogens is 1. The van der Waals surface area contributed by atoms with Gasteiger partial charge in [-0.3, -0.25) is 9.59 Å². The minimum Gasteiger partial charge on any atom is -0.352 e. The average molecular weight is 383 g/mol. The predicted molar refractivity (Wildman–Crippen MR) is 93.5 cm³/mol. The van der Waals surface area contributed by atoms with E-state index in [0.29, 0.717) is 24.6 Å². The van der Waals surface area contributed by atoms with E-state index in [1.807, 2.05) is 12.1 Å². The van der Waals surface area contributed by atoms with Gasteiger partial charge in [-0.1, -0.05) is 15.9 Å². The number of carbonyl (C=O) groups is 2. The van der Waals surface area contributed by atoms with Gasteiger partial charge in [0.15, 0.2) is 0 Å². The van der Waals surface area contributed by atoms with E-state index >= 15 is 0 Å². The van der Waals surface area contributed by atoms with E-state index in [1.54, 1.807) is 17.0 Å². The molecule has 2 rings (SSSR count). The van der Waals surface area contributed by atoms with Gasteiger partial charge in [-0.2, -0.15) is 0 Å². The highest BCUT2D eigenvalue weighted by molar-refractivity contribution is 9.10. The van der Waals surface area contributed by atoms with Gasteiger partial charge < -0.3 is 15.5 Å². The number of likely N-dealkylation sites (tertiary alicyclic amines) is 1. The molecule has 2 atom stereocenters. The summed E-state index contributed by atoms with van der Waals surface area (Å²) in [6, 6.07) is 7.70. The third kappa shape index (κ3) is 5.62. The summed E-state index contributed by atoms with van der Waals surface area (Å²) in [6.07, 6.45) is 2.74. The standard InChI is InChI=1S/C17H24BrN3O2/c1-2-21-11-3-4-15(21)12-20-16(22)9-10-19-17(23)13-5-7-14(18)8-6-13/h5-8,15H,2-4,9-12H2,1H3,(H,19,23)(H,20,22)/p+1/t15-/m0/s1. The Labute approximate surface area is 145 Å². The number of rotatable bonds is 7. The fraction of sp³-hybridized carbons (Fsp3) is 0.529. The number of halogens is 1. The number of benzene rings is 1. The van der Waals surface area contributed by atoms with Crippen LogP contribution >= 0.6 is 15.9 Å². The molecule has 0 aromatic heterocycles. The number of likely N-dealkylation sites (N-methyl/N-ethyl adjacent to an activating group) is 1. The van der Waals surface area contributed by atoms with Crippen molar-refractivity contribution in [2.45, 2.75) is 32.2 Å². The number of hydrogen-bond acceptors (Lipinski definition) is 2. The highest BCUT2D eigenvalue weighted by Gasteiger charge is 2.26. The number of nitrogens with one attached hydrogen (secondary N) is 3. The van der Waals surface area contributed by atoms with E-state index in [0.717, 1.165) is 17.6 Å². The van der Waals surface area contributed by atoms with Crippen molar-refractivity contribution in [3.63, 3.8) is 0 Å². The van der Waals surface area contributed by atoms with Crippen LogP contribution in [0, 0.1) is 0 Å². The van der Waals surface area contributed by atoms with Gasteiger partial charge >= 0.3 is 0 Å². The van der Waals surface area contributed by atoms with E-state index < -0.39 is 0 Å². The lowest BCUT2D eigenvalue weighted by Crippen LogP contribution is -3.14. The molecule has 126 valence electrons. The van der Waals surface area contributed by atoms with E-state index in [-0.39, 0.29) is 11.8 Å². The van der Waals surface area contributed by atoms with Crippen LogP contribution in [0.5, 0.6) is 0 Å². The van der Waals surface area contributed by atoms with Crippen molar-refractivity contribution in [1.82, 2.24) is 10.6 Å². The number of hydrogen-bond donors (Lipinski definition) is 3. The van der Waals surface area contributed by atoms with Crippen LogP contribution in [-0.2, 0) is 4.79 Å². The summed E-state index contributed by atoms with van der Waals surface area (Å²) in [5.74, 6) is -0.147. The first kappa shape index (κ1) is 17.9. The quantitative estimate of drug-likeness (QED) is 0.651. The maximum absolute atomic E-state index is 11.9. The van der Waals surface area contributed by atoms with Crippen LogP contribution in [0.1, 0.15) is 36.5 Å². The Bertz CT molecular complexity index is 533. The van der Waals surface area contributed by atoms with Crippen LogP contribution in [0.3, 0.4) is 0 Å². The van der Waals surface area contributed by atoms with Crippen molar-refractivity contribution in [2.75, 3.05) is 26.2 Å². The average Bonchev–Trinajstić information content (AvgIpc) is 3.01. The van der Waals surface area contributed by atoms with Crippen molar-refractivity contribution in [3.8, 4) is 0 Å². The molecule has 1 saturated heterocycles. The second kappa shape index (κ2) is 9.03. The molecule has 3 N–H and O–H groups in total. The van der Waals surface area contributed by atoms with Crippen LogP contribution in [0.4, 0.5) is 0 Å². The first-order chi connectivity index (χ1) is 11.1. The molecule has 1 aliphatic heterocycles. The molecule has 0 bridgehead atoms. The lowest BCUT2D eigenvalue weighted by atomic mass is 10.2. The molecule has 0 saturated carbocycles. The van der Waals surface area contributed by atoms with Gasteiger partial charge in [0.25, 0.3) is 5.91 Å². The zero-order valence-corrected chi connectivity index (χ0v) is 15.1. The molecule has 2 amide bonds. The highest BCUT2D eigenvalue weighted by atomic mass is 79.9. The van der Waals surface area contributed by atoms with Crippen LogP contribution in [0.2, 0.25) is 0 Å². The van der Waals surface area contributed by atoms with Crippen LogP contribution in [-0.4, -0.2) is 44.0 Å². The Balaban J connectivity index is 1.64. The molecule has 1 heterocycles. The smallest absolute Gasteiger partial charge is 0.251 e. The number of amides is 2. The summed E-state index contributed by atoms with van der Waals surface area (Å²) in [6.45, 7) is 5.61. The maximum Gasteiger partial charge on any atom is 0.251 e. The Hall–Kier alpha value is -1.40. The molecular weight excluding hydrogens is 358 g/mol. The van der Waals surface area contributed by atoms with Crippen LogP contribution in [0.25, 0.3) is 0 Å². The van der Waals surface area contributed by atoms with Crippen molar-refractivity contribution < 1.29 is 14.5 Å². The third-order valence-electron chi connectivity index (χ3n) is 4.37. The van der Waals surface area contributed by atoms with Gasteiger partial charge in [-0.05, 0) is 31.2 Å². The summed E-state index contributed by atoms with van der Waals surface area (Å²) in [5.41, 5.74) is 0.599. The van der Waals surface area contributed by atoms with E-state index in [9.17, 15) is 9.59 Å². The Kier molecular flexibility index (Phi) is 7.05. The van der Waals surface area contributed by atoms with Gasteiger partial charge in [0.05, 0.1) is 19.6 Å². The molecule has 5 nitrogen and oxygen atoms in total. The molecule has 1 aliphatic rings. The van der Waals surface area contributed by atoms with Gasteiger partial charge in [0, 0.05) is 35.8 Å². The zero-order chi connectivity index (χ0) is 16.7. The lowest BCUT2D eigenvalue weighted by molar-refractivity contribution is -0.909. The molecule has 1 aromatic carbocycles. The predicted octanol–water partition coefficient (Wildman–Crippen LogP) is 0.752. The number of carbonyl (C=O) groups excluding carboxylic acids is 2. The van der Waals surface area contributed by atoms with Crippen LogP contribution < -0.4 is 15.5 Å². The zero-order valence-electron chi connectivity index (χ0n) is 13.5. The monoisotopic (exact) mass is 382 g/mol. The highest BCUT2D eigenvalue weighted by Crippen LogP contribution is 2.10. The summed E-state index contributed by atoms with van der Waals surface area (Å²) in [4.78, 5) is 25.4. The summed E-state index contributed by atoms with van der Waals surface area (Å²) < 4.78 is 0.934. The van der Waals surface area contributed by atoms with Crippen molar-refractivity contribution in [1.29, 1.82) is 0 Å². The third-order valence-corrected chi connectivity index (χ3v) is 4.90. The molecule has 0 aliphatic carbocycles. The molecule has 23 heavy (non-hydrogen) atoms. The summed E-state index contributed by atoms with van der Waals surface area (Å²) in [5, 5.41) is 5.77. The molecule has 1 fully saturated rings. The molecule has 1 aromatic rings. The Morgan fingerprint density at radius 3 is 2.70 bits per heavy atom. The summed E-state index contributed by atoms with van der Waals surface area (Å²) in [7, 11) is 0. The van der Waals surface area contributed by atoms with Crippen molar-refractivity contribution in [2.24, 2.45) is 0 Å². The molecule has 1 unspecified atom stereocenters. The van der Waals surface area contributed by atoms with Crippen molar-refractivity contribution >= 4 is 27.7 Å². The SMILES string of the molecule is CC[NH+]1CCC[C@H]1CNC(=O)CCNC(=O)c1ccc(Br)cc1. The topological polar surface area (TPSA) is 62.6 Å². The normalized spacial score (nSPS) is 20.3. The Morgan fingerprint density at radius 2 is 2.00 bits per heavy atom. The van der Waals surface area contributed by atoms with Gasteiger partial charge in [0.1, 0.15) is 6.04 Å². The minimum atomic E-state index is -0.150. The first-order valence-corrected chi connectivity index (χ1v) is 9.04. The van der Waals surface area contributed by atoms with Gasteiger partial charge in [-0.25, -0.2) is 0 Å². The maximum atomic E-state index is 11.9. The van der Waals surface area contributed by atoms with Gasteiger partial charge in [0.2, 0.25) is 5.91 Å². The minimum absolute atomic E-state index is 0.00320. The van der Waals surface area contributed by atoms with E-state index in [4.69, 9.17) is 0 Å². The fourth-order valence-electron chi connectivity index (χ4n) is 3.01. The summed E-state index contributed by atoms with van der Waals surface area (Å²) >= 11 is 3.33. The first-order valence-electron chi connectivity index (χ1n) is 8.25. The van der Waals surface area contributed by atoms with Gasteiger partial charge in [-0.15, -0.1) is 0 Å². The largest absolute Gasteiger partial charge is 0.352 e. The van der Waals surface area contributed by atoms with E-state index in [2.05, 4.69) is 33.5 Å². The second-order valence-electron chi connectivity index (χ2n) is 5.92. The molecule has 6 heteroatoms.